The van der Waals surface area contributed by atoms with Crippen molar-refractivity contribution >= 4 is 27.6 Å². The Kier molecular flexibility index (Phi) is 6.99. The van der Waals surface area contributed by atoms with Crippen LogP contribution in [-0.4, -0.2) is 30.7 Å². The molecule has 1 atom stereocenters. The van der Waals surface area contributed by atoms with E-state index >= 15 is 0 Å². The van der Waals surface area contributed by atoms with E-state index in [0.717, 1.165) is 74.0 Å². The summed E-state index contributed by atoms with van der Waals surface area (Å²) in [6, 6.07) is 8.99. The second-order valence-corrected chi connectivity index (χ2v) is 13.3. The number of aliphatic imine (C=N–C) groups is 1. The molecule has 1 aliphatic heterocycles. The average Bonchev–Trinajstić information content (AvgIpc) is 3.39. The number of sulfone groups is 1. The molecule has 36 heavy (non-hydrogen) atoms. The van der Waals surface area contributed by atoms with E-state index in [-0.39, 0.29) is 16.9 Å². The number of hydrogen-bond donors (Lipinski definition) is 2. The van der Waals surface area contributed by atoms with E-state index in [2.05, 4.69) is 29.5 Å². The molecule has 5 rings (SSSR count). The van der Waals surface area contributed by atoms with E-state index in [1.807, 2.05) is 23.6 Å². The van der Waals surface area contributed by atoms with Gasteiger partial charge in [0, 0.05) is 29.6 Å². The minimum Gasteiger partial charge on any atom is -0.347 e. The van der Waals surface area contributed by atoms with Crippen molar-refractivity contribution in [2.24, 2.45) is 16.8 Å². The third kappa shape index (κ3) is 4.84. The first-order chi connectivity index (χ1) is 17.2. The number of hydrogen-bond acceptors (Lipinski definition) is 6. The fourth-order valence-corrected chi connectivity index (χ4v) is 8.00. The lowest BCUT2D eigenvalue weighted by atomic mass is 9.81. The van der Waals surface area contributed by atoms with E-state index in [9.17, 15) is 13.2 Å². The van der Waals surface area contributed by atoms with Crippen LogP contribution in [0.2, 0.25) is 0 Å². The van der Waals surface area contributed by atoms with Crippen LogP contribution in [0, 0.1) is 18.8 Å². The summed E-state index contributed by atoms with van der Waals surface area (Å²) >= 11 is 0. The highest BCUT2D eigenvalue weighted by atomic mass is 32.2. The quantitative estimate of drug-likeness (QED) is 0.535. The van der Waals surface area contributed by atoms with Crippen molar-refractivity contribution in [3.63, 3.8) is 0 Å². The molecule has 7 nitrogen and oxygen atoms in total. The van der Waals surface area contributed by atoms with Crippen LogP contribution in [0.25, 0.3) is 0 Å². The van der Waals surface area contributed by atoms with Gasteiger partial charge in [-0.25, -0.2) is 13.4 Å². The van der Waals surface area contributed by atoms with Gasteiger partial charge in [-0.15, -0.1) is 0 Å². The van der Waals surface area contributed by atoms with Crippen molar-refractivity contribution in [3.8, 4) is 0 Å². The summed E-state index contributed by atoms with van der Waals surface area (Å²) in [6.45, 7) is 6.38. The summed E-state index contributed by atoms with van der Waals surface area (Å²) in [5, 5.41) is 6.50. The molecule has 0 bridgehead atoms. The third-order valence-electron chi connectivity index (χ3n) is 8.40. The van der Waals surface area contributed by atoms with Crippen molar-refractivity contribution in [3.05, 3.63) is 51.8 Å². The van der Waals surface area contributed by atoms with E-state index in [1.54, 1.807) is 24.4 Å². The smallest absolute Gasteiger partial charge is 0.252 e. The monoisotopic (exact) mass is 510 g/mol. The molecular weight excluding hydrogens is 472 g/mol. The van der Waals surface area contributed by atoms with Crippen LogP contribution in [0.3, 0.4) is 0 Å². The van der Waals surface area contributed by atoms with Gasteiger partial charge < -0.3 is 10.6 Å². The number of aromatic nitrogens is 1. The van der Waals surface area contributed by atoms with Gasteiger partial charge in [-0.2, -0.15) is 0 Å². The highest BCUT2D eigenvalue weighted by Gasteiger charge is 2.33. The maximum Gasteiger partial charge on any atom is 0.252 e. The SMILES string of the molecule is Cc1cc(S(=O)(=O)C2CCC(C(C)C)CC2)ccc1NC1N=Cc2ccc(=O)n(C3CCCC3)c2N1. The third-order valence-corrected chi connectivity index (χ3v) is 10.7. The van der Waals surface area contributed by atoms with Crippen molar-refractivity contribution in [1.82, 2.24) is 4.57 Å². The molecule has 0 saturated heterocycles. The van der Waals surface area contributed by atoms with Gasteiger partial charge in [-0.3, -0.25) is 9.36 Å². The number of rotatable bonds is 6. The Morgan fingerprint density at radius 3 is 2.42 bits per heavy atom. The molecule has 1 unspecified atom stereocenters. The number of benzene rings is 1. The molecule has 2 saturated carbocycles. The lowest BCUT2D eigenvalue weighted by Gasteiger charge is -2.31. The number of pyridine rings is 1. The summed E-state index contributed by atoms with van der Waals surface area (Å²) in [6.07, 6.45) is 9.13. The number of nitrogens with zero attached hydrogens (tertiary/aromatic N) is 2. The lowest BCUT2D eigenvalue weighted by molar-refractivity contribution is 0.280. The maximum atomic E-state index is 13.4. The Bertz CT molecular complexity index is 1300. The molecule has 8 heteroatoms. The van der Waals surface area contributed by atoms with Crippen molar-refractivity contribution in [1.29, 1.82) is 0 Å². The molecule has 0 amide bonds. The molecule has 2 heterocycles. The molecular formula is C28H38N4O3S. The van der Waals surface area contributed by atoms with Crippen molar-refractivity contribution < 1.29 is 8.42 Å². The highest BCUT2D eigenvalue weighted by Crippen LogP contribution is 2.36. The predicted octanol–water partition coefficient (Wildman–Crippen LogP) is 5.50. The van der Waals surface area contributed by atoms with Gasteiger partial charge >= 0.3 is 0 Å². The zero-order valence-electron chi connectivity index (χ0n) is 21.5. The fraction of sp³-hybridized carbons (Fsp3) is 0.571. The standard InChI is InChI=1S/C28H38N4O3S/c1-18(2)20-8-11-23(12-9-20)36(34,35)24-13-14-25(19(3)16-24)30-28-29-17-21-10-15-26(33)32(27(21)31-28)22-6-4-5-7-22/h10,13-18,20,22-23,28,30-31H,4-9,11-12H2,1-3H3. The molecule has 2 aromatic rings. The fourth-order valence-electron chi connectivity index (χ4n) is 6.13. The van der Waals surface area contributed by atoms with E-state index in [0.29, 0.717) is 16.7 Å². The number of anilines is 2. The molecule has 0 spiro atoms. The molecule has 0 radical (unpaired) electrons. The highest BCUT2D eigenvalue weighted by molar-refractivity contribution is 7.92. The van der Waals surface area contributed by atoms with Crippen LogP contribution in [0.15, 0.2) is 45.0 Å². The maximum absolute atomic E-state index is 13.4. The lowest BCUT2D eigenvalue weighted by Crippen LogP contribution is -2.36. The topological polar surface area (TPSA) is 92.6 Å². The molecule has 194 valence electrons. The summed E-state index contributed by atoms with van der Waals surface area (Å²) in [5.41, 5.74) is 2.59. The Labute approximate surface area is 214 Å². The van der Waals surface area contributed by atoms with Gasteiger partial charge in [0.15, 0.2) is 16.1 Å². The van der Waals surface area contributed by atoms with E-state index in [4.69, 9.17) is 0 Å². The van der Waals surface area contributed by atoms with Crippen molar-refractivity contribution in [2.45, 2.75) is 94.6 Å². The number of aryl methyl sites for hydroxylation is 1. The molecule has 2 fully saturated rings. The van der Waals surface area contributed by atoms with Gasteiger partial charge in [-0.05, 0) is 87.1 Å². The Morgan fingerprint density at radius 1 is 1.03 bits per heavy atom. The summed E-state index contributed by atoms with van der Waals surface area (Å²) < 4.78 is 28.6. The molecule has 2 aliphatic carbocycles. The second-order valence-electron chi connectivity index (χ2n) is 11.1. The Morgan fingerprint density at radius 2 is 1.75 bits per heavy atom. The van der Waals surface area contributed by atoms with Crippen LogP contribution >= 0.6 is 0 Å². The molecule has 1 aromatic heterocycles. The van der Waals surface area contributed by atoms with Crippen LogP contribution in [0.1, 0.15) is 82.4 Å². The summed E-state index contributed by atoms with van der Waals surface area (Å²) in [7, 11) is -3.35. The van der Waals surface area contributed by atoms with Gasteiger partial charge in [0.2, 0.25) is 0 Å². The van der Waals surface area contributed by atoms with Crippen LogP contribution in [0.5, 0.6) is 0 Å². The zero-order valence-corrected chi connectivity index (χ0v) is 22.4. The van der Waals surface area contributed by atoms with Gasteiger partial charge in [0.1, 0.15) is 5.82 Å². The predicted molar refractivity (Wildman–Crippen MR) is 146 cm³/mol. The summed E-state index contributed by atoms with van der Waals surface area (Å²) in [5.74, 6) is 2.04. The first-order valence-electron chi connectivity index (χ1n) is 13.4. The normalized spacial score (nSPS) is 24.5. The second kappa shape index (κ2) is 10.0. The average molecular weight is 511 g/mol. The van der Waals surface area contributed by atoms with Gasteiger partial charge in [0.25, 0.3) is 5.56 Å². The summed E-state index contributed by atoms with van der Waals surface area (Å²) in [4.78, 5) is 17.7. The molecule has 1 aromatic carbocycles. The largest absolute Gasteiger partial charge is 0.347 e. The minimum atomic E-state index is -3.35. The Balaban J connectivity index is 1.31. The van der Waals surface area contributed by atoms with Crippen LogP contribution in [-0.2, 0) is 9.84 Å². The van der Waals surface area contributed by atoms with Crippen LogP contribution in [0.4, 0.5) is 11.5 Å². The molecule has 3 aliphatic rings. The Hall–Kier alpha value is -2.61. The van der Waals surface area contributed by atoms with E-state index in [1.165, 1.54) is 0 Å². The minimum absolute atomic E-state index is 0.00960. The van der Waals surface area contributed by atoms with Crippen molar-refractivity contribution in [2.75, 3.05) is 10.6 Å². The van der Waals surface area contributed by atoms with Crippen LogP contribution < -0.4 is 16.2 Å². The number of nitrogens with one attached hydrogen (secondary N) is 2. The first-order valence-corrected chi connectivity index (χ1v) is 14.9. The molecule has 2 N–H and O–H groups in total. The zero-order chi connectivity index (χ0) is 25.4. The van der Waals surface area contributed by atoms with E-state index < -0.39 is 16.1 Å². The van der Waals surface area contributed by atoms with Gasteiger partial charge in [0.05, 0.1) is 10.1 Å². The first kappa shape index (κ1) is 25.1. The number of fused-ring (bicyclic) bond motifs is 1. The van der Waals surface area contributed by atoms with Gasteiger partial charge in [-0.1, -0.05) is 26.7 Å².